The van der Waals surface area contributed by atoms with Crippen LogP contribution in [0.3, 0.4) is 0 Å². The first-order chi connectivity index (χ1) is 35.0. The molecule has 4 amide bonds. The molecule has 1 unspecified atom stereocenters. The number of hydrogen-bond acceptors (Lipinski definition) is 13. The van der Waals surface area contributed by atoms with Crippen molar-refractivity contribution in [3.63, 3.8) is 0 Å². The summed E-state index contributed by atoms with van der Waals surface area (Å²) in [6.45, 7) is 6.62. The topological polar surface area (TPSA) is 191 Å². The number of rotatable bonds is 20. The molecule has 4 aromatic rings. The highest BCUT2D eigenvalue weighted by Crippen LogP contribution is 2.43. The molecule has 4 fully saturated rings. The van der Waals surface area contributed by atoms with E-state index in [0.717, 1.165) is 84.4 Å². The van der Waals surface area contributed by atoms with Gasteiger partial charge in [0.1, 0.15) is 34.8 Å². The van der Waals surface area contributed by atoms with E-state index in [-0.39, 0.29) is 25.3 Å². The SMILES string of the molecule is CNc1nc(Nc2ccc(C(=O)N3CCC(CCCC4CCC(CSC(C)(C)[C@H](NC(=O)C5(F)CC5)C(=O)N5C[C@H](O)[C@H](F)C5C(=O)NCc5ccc(-c6scnc6C)cc5)CC4)CC3)cc2OC)ncc1Cl. The lowest BCUT2D eigenvalue weighted by Gasteiger charge is -2.38. The summed E-state index contributed by atoms with van der Waals surface area (Å²) in [5.74, 6) is 1.21. The zero-order chi connectivity index (χ0) is 52.0. The van der Waals surface area contributed by atoms with Crippen LogP contribution in [0.1, 0.15) is 106 Å². The summed E-state index contributed by atoms with van der Waals surface area (Å²) < 4.78 is 35.6. The number of likely N-dealkylation sites (tertiary alicyclic amines) is 2. The van der Waals surface area contributed by atoms with Gasteiger partial charge in [-0.15, -0.1) is 11.3 Å². The maximum atomic E-state index is 15.7. The van der Waals surface area contributed by atoms with Gasteiger partial charge < -0.3 is 40.9 Å². The van der Waals surface area contributed by atoms with E-state index in [2.05, 4.69) is 36.2 Å². The number of carbonyl (C=O) groups excluding carboxylic acids is 4. The molecule has 2 aromatic heterocycles. The molecule has 8 rings (SSSR count). The lowest BCUT2D eigenvalue weighted by atomic mass is 9.79. The highest BCUT2D eigenvalue weighted by molar-refractivity contribution is 8.00. The maximum Gasteiger partial charge on any atom is 0.258 e. The second-order valence-electron chi connectivity index (χ2n) is 20.6. The van der Waals surface area contributed by atoms with Crippen molar-refractivity contribution in [1.82, 2.24) is 35.4 Å². The van der Waals surface area contributed by atoms with Crippen molar-refractivity contribution in [1.29, 1.82) is 0 Å². The van der Waals surface area contributed by atoms with Crippen LogP contribution < -0.4 is 26.0 Å². The standard InChI is InChI=1S/C53H68ClF2N9O6S2/c1-31-44(72-30-60-31)36-15-13-34(14-16-36)26-58-47(67)43-42(55)40(66)28-65(43)49(69)45(62-50(70)53(56)21-22-53)52(2,3)73-29-35-11-9-32(10-12-35)7-6-8-33-19-23-64(24-20-33)48(68)37-17-18-39(41(25-37)71-5)61-51-59-27-38(54)46(57-4)63-51/h13-18,25,27,30,32-33,35,40,42-43,45,66H,6-12,19-24,26,28-29H2,1-5H3,(H,58,67)(H,62,70)(H2,57,59,61,63)/t32?,35?,40-,42-,43?,45+/m0/s1. The molecule has 0 radical (unpaired) electrons. The Morgan fingerprint density at radius 1 is 1.00 bits per heavy atom. The van der Waals surface area contributed by atoms with Crippen LogP contribution >= 0.6 is 34.7 Å². The summed E-state index contributed by atoms with van der Waals surface area (Å²) in [4.78, 5) is 71.9. The van der Waals surface area contributed by atoms with Crippen molar-refractivity contribution < 1.29 is 37.8 Å². The van der Waals surface area contributed by atoms with Crippen molar-refractivity contribution in [2.45, 2.75) is 133 Å². The Morgan fingerprint density at radius 2 is 1.68 bits per heavy atom. The van der Waals surface area contributed by atoms with E-state index in [9.17, 15) is 24.3 Å². The number of ether oxygens (including phenoxy) is 1. The van der Waals surface area contributed by atoms with Gasteiger partial charge in [0.2, 0.25) is 17.8 Å². The molecule has 2 saturated heterocycles. The van der Waals surface area contributed by atoms with Gasteiger partial charge in [0.25, 0.3) is 11.8 Å². The van der Waals surface area contributed by atoms with Gasteiger partial charge in [0.15, 0.2) is 11.8 Å². The first kappa shape index (κ1) is 54.2. The molecule has 4 atom stereocenters. The predicted octanol–water partition coefficient (Wildman–Crippen LogP) is 8.91. The molecule has 2 aromatic carbocycles. The van der Waals surface area contributed by atoms with Gasteiger partial charge in [0, 0.05) is 37.0 Å². The normalized spacial score (nSPS) is 22.3. The van der Waals surface area contributed by atoms with Crippen LogP contribution in [-0.2, 0) is 20.9 Å². The highest BCUT2D eigenvalue weighted by atomic mass is 35.5. The van der Waals surface area contributed by atoms with Gasteiger partial charge in [-0.2, -0.15) is 16.7 Å². The first-order valence-electron chi connectivity index (χ1n) is 25.4. The van der Waals surface area contributed by atoms with Crippen LogP contribution in [-0.4, -0.2) is 128 Å². The van der Waals surface area contributed by atoms with E-state index in [1.807, 2.05) is 49.9 Å². The molecule has 4 aliphatic rings. The van der Waals surface area contributed by atoms with E-state index in [1.165, 1.54) is 29.3 Å². The first-order valence-corrected chi connectivity index (χ1v) is 27.7. The van der Waals surface area contributed by atoms with Gasteiger partial charge in [-0.25, -0.2) is 18.7 Å². The molecule has 2 aliphatic heterocycles. The fourth-order valence-corrected chi connectivity index (χ4v) is 12.6. The van der Waals surface area contributed by atoms with E-state index in [0.29, 0.717) is 70.4 Å². The Hall–Kier alpha value is -5.11. The molecule has 0 spiro atoms. The van der Waals surface area contributed by atoms with Crippen molar-refractivity contribution in [2.24, 2.45) is 17.8 Å². The number of piperidine rings is 1. The molecular weight excluding hydrogens is 996 g/mol. The predicted molar refractivity (Wildman–Crippen MR) is 283 cm³/mol. The molecule has 0 bridgehead atoms. The number of thioether (sulfide) groups is 1. The minimum atomic E-state index is -2.07. The average molecular weight is 1060 g/mol. The number of carbonyl (C=O) groups is 4. The van der Waals surface area contributed by atoms with Crippen LogP contribution in [0, 0.1) is 24.7 Å². The number of anilines is 3. The summed E-state index contributed by atoms with van der Waals surface area (Å²) in [6.07, 6.45) is 7.54. The van der Waals surface area contributed by atoms with Crippen LogP contribution in [0.5, 0.6) is 5.75 Å². The molecule has 73 heavy (non-hydrogen) atoms. The number of aryl methyl sites for hydroxylation is 1. The fourth-order valence-electron chi connectivity index (χ4n) is 10.3. The molecule has 2 aliphatic carbocycles. The molecule has 15 nitrogen and oxygen atoms in total. The lowest BCUT2D eigenvalue weighted by Crippen LogP contribution is -2.61. The quantitative estimate of drug-likeness (QED) is 0.0566. The summed E-state index contributed by atoms with van der Waals surface area (Å²) >= 11 is 9.19. The maximum absolute atomic E-state index is 15.7. The van der Waals surface area contributed by atoms with E-state index >= 15 is 8.78 Å². The van der Waals surface area contributed by atoms with Crippen LogP contribution in [0.25, 0.3) is 10.4 Å². The van der Waals surface area contributed by atoms with Crippen LogP contribution in [0.2, 0.25) is 5.02 Å². The summed E-state index contributed by atoms with van der Waals surface area (Å²) in [5, 5.41) is 22.6. The lowest BCUT2D eigenvalue weighted by molar-refractivity contribution is -0.143. The molecule has 394 valence electrons. The third kappa shape index (κ3) is 13.1. The number of methoxy groups -OCH3 is 1. The van der Waals surface area contributed by atoms with Gasteiger partial charge in [-0.05, 0) is 112 Å². The molecule has 5 N–H and O–H groups in total. The number of nitrogens with one attached hydrogen (secondary N) is 4. The van der Waals surface area contributed by atoms with E-state index in [4.69, 9.17) is 16.3 Å². The summed E-state index contributed by atoms with van der Waals surface area (Å²) in [5.41, 5.74) is 3.55. The minimum absolute atomic E-state index is 0.0213. The van der Waals surface area contributed by atoms with E-state index in [1.54, 1.807) is 37.9 Å². The zero-order valence-electron chi connectivity index (χ0n) is 42.2. The van der Waals surface area contributed by atoms with Gasteiger partial charge >= 0.3 is 0 Å². The largest absolute Gasteiger partial charge is 0.495 e. The number of aromatic nitrogens is 3. The number of nitrogens with zero attached hydrogens (tertiary/aromatic N) is 5. The molecule has 20 heteroatoms. The summed E-state index contributed by atoms with van der Waals surface area (Å²) in [6, 6.07) is 9.97. The number of aliphatic hydroxyl groups excluding tert-OH is 1. The molecule has 2 saturated carbocycles. The van der Waals surface area contributed by atoms with E-state index < -0.39 is 59.0 Å². The molecular formula is C53H68ClF2N9O6S2. The summed E-state index contributed by atoms with van der Waals surface area (Å²) in [7, 11) is 3.28. The van der Waals surface area contributed by atoms with Crippen molar-refractivity contribution in [3.8, 4) is 16.2 Å². The Balaban J connectivity index is 0.784. The minimum Gasteiger partial charge on any atom is -0.495 e. The third-order valence-electron chi connectivity index (χ3n) is 15.1. The number of alkyl halides is 2. The highest BCUT2D eigenvalue weighted by Gasteiger charge is 2.55. The third-order valence-corrected chi connectivity index (χ3v) is 18.0. The smallest absolute Gasteiger partial charge is 0.258 e. The van der Waals surface area contributed by atoms with Crippen LogP contribution in [0.15, 0.2) is 54.2 Å². The second-order valence-corrected chi connectivity index (χ2v) is 23.6. The Bertz CT molecular complexity index is 2590. The fraction of sp³-hybridized carbons (Fsp3) is 0.566. The Morgan fingerprint density at radius 3 is 2.33 bits per heavy atom. The number of amides is 4. The number of hydrogen-bond donors (Lipinski definition) is 5. The number of benzene rings is 2. The number of thiazole rings is 1. The second kappa shape index (κ2) is 23.6. The van der Waals surface area contributed by atoms with Gasteiger partial charge in [-0.3, -0.25) is 19.2 Å². The van der Waals surface area contributed by atoms with Crippen molar-refractivity contribution >= 4 is 75.8 Å². The van der Waals surface area contributed by atoms with Gasteiger partial charge in [0.05, 0.1) is 41.6 Å². The number of β-amino-alcohol motifs (C(OH)–C–C–N with tert-alkyl or cyclic N) is 1. The monoisotopic (exact) mass is 1060 g/mol. The Labute approximate surface area is 439 Å². The van der Waals surface area contributed by atoms with Crippen molar-refractivity contribution in [2.75, 3.05) is 50.2 Å². The average Bonchev–Trinajstić information content (AvgIpc) is 3.89. The Kier molecular flexibility index (Phi) is 17.5. The number of halogens is 3. The van der Waals surface area contributed by atoms with Crippen molar-refractivity contribution in [3.05, 3.63) is 76.0 Å². The zero-order valence-corrected chi connectivity index (χ0v) is 44.6. The molecule has 4 heterocycles. The van der Waals surface area contributed by atoms with Gasteiger partial charge in [-0.1, -0.05) is 68.0 Å². The number of aliphatic hydroxyl groups is 1. The van der Waals surface area contributed by atoms with Crippen LogP contribution in [0.4, 0.5) is 26.2 Å².